The van der Waals surface area contributed by atoms with Crippen LogP contribution in [0.2, 0.25) is 0 Å². The molecule has 2 heterocycles. The van der Waals surface area contributed by atoms with Crippen LogP contribution in [0.1, 0.15) is 98.0 Å². The predicted octanol–water partition coefficient (Wildman–Crippen LogP) is 12.1. The van der Waals surface area contributed by atoms with E-state index in [0.29, 0.717) is 17.9 Å². The van der Waals surface area contributed by atoms with Crippen LogP contribution in [0, 0.1) is 0 Å². The van der Waals surface area contributed by atoms with Gasteiger partial charge in [0.1, 0.15) is 34.2 Å². The normalized spacial score (nSPS) is 12.8. The second-order valence-corrected chi connectivity index (χ2v) is 16.9. The van der Waals surface area contributed by atoms with Crippen LogP contribution in [-0.2, 0) is 25.6 Å². The van der Waals surface area contributed by atoms with Crippen LogP contribution < -0.4 is 18.9 Å². The molecule has 0 radical (unpaired) electrons. The molecular weight excluding hydrogens is 1100 g/mol. The lowest BCUT2D eigenvalue weighted by atomic mass is 9.99. The predicted molar refractivity (Wildman–Crippen MR) is 235 cm³/mol. The van der Waals surface area contributed by atoms with Gasteiger partial charge < -0.3 is 27.8 Å². The Balaban J connectivity index is 0.000000244. The second kappa shape index (κ2) is 19.3. The molecule has 0 aliphatic rings. The zero-order chi connectivity index (χ0) is 48.7. The highest BCUT2D eigenvalue weighted by Gasteiger charge is 2.27. The molecule has 6 rings (SSSR count). The Hall–Kier alpha value is -4.42. The van der Waals surface area contributed by atoms with Crippen molar-refractivity contribution in [3.63, 3.8) is 0 Å². The summed E-state index contributed by atoms with van der Waals surface area (Å²) >= 11 is 16.5. The highest BCUT2D eigenvalue weighted by molar-refractivity contribution is 9.11. The van der Waals surface area contributed by atoms with E-state index < -0.39 is 88.0 Å². The lowest BCUT2D eigenvalue weighted by molar-refractivity contribution is -0.132. The van der Waals surface area contributed by atoms with Crippen molar-refractivity contribution in [1.82, 2.24) is 0 Å². The van der Waals surface area contributed by atoms with Crippen molar-refractivity contribution in [3.8, 4) is 23.0 Å². The Morgan fingerprint density at radius 3 is 1.36 bits per heavy atom. The van der Waals surface area contributed by atoms with Gasteiger partial charge in [-0.1, -0.05) is 22.9 Å². The topological polar surface area (TPSA) is 166 Å². The SMILES string of the molecule is [2H]c1c(OC(C)=O)c([2H])c2oc(C(C)Br)c(C(=O)c3cc(Br)c(OC(C)=O)c(Br)c3)c2c1[2H].[2H]c1c(OC(C)=O)c([2H])c2oc(CC)c(C(=O)c3cc(Br)c(OC(C)=O)c(Br)c3)c2c1[2H]. The van der Waals surface area contributed by atoms with E-state index in [1.54, 1.807) is 13.8 Å². The molecule has 1 unspecified atom stereocenters. The van der Waals surface area contributed by atoms with Crippen LogP contribution in [-0.4, -0.2) is 35.4 Å². The van der Waals surface area contributed by atoms with E-state index in [9.17, 15) is 28.8 Å². The number of carbonyl (C=O) groups is 6. The van der Waals surface area contributed by atoms with Gasteiger partial charge in [-0.05, 0) is 119 Å². The van der Waals surface area contributed by atoms with E-state index in [-0.39, 0.29) is 73.6 Å². The van der Waals surface area contributed by atoms with Crippen LogP contribution in [0.4, 0.5) is 0 Å². The first-order chi connectivity index (χ1) is 30.3. The van der Waals surface area contributed by atoms with Gasteiger partial charge in [0.2, 0.25) is 0 Å². The molecule has 0 N–H and O–H groups in total. The van der Waals surface area contributed by atoms with Crippen LogP contribution in [0.25, 0.3) is 21.9 Å². The molecule has 0 bridgehead atoms. The number of fused-ring (bicyclic) bond motifs is 2. The van der Waals surface area contributed by atoms with E-state index in [4.69, 9.17) is 36.0 Å². The van der Waals surface area contributed by atoms with Crippen molar-refractivity contribution in [2.45, 2.75) is 52.8 Å². The third kappa shape index (κ3) is 10.7. The molecule has 0 spiro atoms. The first-order valence-electron chi connectivity index (χ1n) is 19.9. The Morgan fingerprint density at radius 1 is 0.610 bits per heavy atom. The maximum absolute atomic E-state index is 13.6. The number of halogens is 5. The van der Waals surface area contributed by atoms with Crippen LogP contribution in [0.3, 0.4) is 0 Å². The molecule has 0 saturated heterocycles. The monoisotopic (exact) mass is 1130 g/mol. The van der Waals surface area contributed by atoms with Crippen molar-refractivity contribution in [3.05, 3.63) is 112 Å². The first kappa shape index (κ1) is 37.6. The Morgan fingerprint density at radius 2 is 0.983 bits per heavy atom. The van der Waals surface area contributed by atoms with E-state index in [0.717, 1.165) is 13.8 Å². The zero-order valence-corrected chi connectivity index (χ0v) is 39.3. The quantitative estimate of drug-likeness (QED) is 0.0552. The average molecular weight is 1130 g/mol. The number of esters is 4. The van der Waals surface area contributed by atoms with Gasteiger partial charge in [0.25, 0.3) is 0 Å². The van der Waals surface area contributed by atoms with Crippen molar-refractivity contribution in [2.24, 2.45) is 0 Å². The Labute approximate surface area is 387 Å². The van der Waals surface area contributed by atoms with E-state index in [2.05, 4.69) is 79.6 Å². The summed E-state index contributed by atoms with van der Waals surface area (Å²) in [4.78, 5) is 72.0. The minimum absolute atomic E-state index is 0.00483. The van der Waals surface area contributed by atoms with Crippen molar-refractivity contribution >= 4 is 137 Å². The molecule has 0 fully saturated rings. The number of furan rings is 2. The summed E-state index contributed by atoms with van der Waals surface area (Å²) in [5.74, 6) is -3.68. The molecular formula is C42H31Br5O12. The van der Waals surface area contributed by atoms with E-state index in [1.165, 1.54) is 38.1 Å². The summed E-state index contributed by atoms with van der Waals surface area (Å²) in [6, 6.07) is 3.20. The fraction of sp³-hybridized carbons (Fsp3) is 0.190. The van der Waals surface area contributed by atoms with E-state index in [1.807, 2.05) is 0 Å². The fourth-order valence-electron chi connectivity index (χ4n) is 5.39. The zero-order valence-electron chi connectivity index (χ0n) is 37.4. The molecule has 0 aliphatic carbocycles. The molecule has 0 saturated carbocycles. The number of hydrogen-bond donors (Lipinski definition) is 0. The van der Waals surface area contributed by atoms with Gasteiger partial charge >= 0.3 is 23.9 Å². The summed E-state index contributed by atoms with van der Waals surface area (Å²) in [5, 5.41) is -0.0439. The summed E-state index contributed by atoms with van der Waals surface area (Å²) in [6.07, 6.45) is 0.277. The maximum atomic E-state index is 13.6. The lowest BCUT2D eigenvalue weighted by Crippen LogP contribution is -2.07. The van der Waals surface area contributed by atoms with Gasteiger partial charge in [0, 0.05) is 68.1 Å². The summed E-state index contributed by atoms with van der Waals surface area (Å²) in [5.41, 5.74) is 0.142. The van der Waals surface area contributed by atoms with Crippen LogP contribution in [0.5, 0.6) is 23.0 Å². The number of ether oxygens (including phenoxy) is 4. The van der Waals surface area contributed by atoms with Crippen molar-refractivity contribution in [2.75, 3.05) is 0 Å². The van der Waals surface area contributed by atoms with Crippen LogP contribution in [0.15, 0.2) is 87.2 Å². The minimum atomic E-state index is -0.754. The van der Waals surface area contributed by atoms with E-state index >= 15 is 0 Å². The number of benzene rings is 4. The number of carbonyl (C=O) groups excluding carboxylic acids is 6. The molecule has 6 aromatic rings. The summed E-state index contributed by atoms with van der Waals surface area (Å²) in [6.45, 7) is 8.18. The number of rotatable bonds is 10. The van der Waals surface area contributed by atoms with Gasteiger partial charge in [-0.2, -0.15) is 0 Å². The molecule has 306 valence electrons. The number of ketones is 2. The molecule has 4 aromatic carbocycles. The molecule has 0 aliphatic heterocycles. The summed E-state index contributed by atoms with van der Waals surface area (Å²) < 4.78 is 83.0. The van der Waals surface area contributed by atoms with Gasteiger partial charge in [0.15, 0.2) is 23.1 Å². The standard InChI is InChI=1S/C21H15Br3O6.C21H16Br2O6/c1-9(22)20-18(14-5-4-13(28-10(2)25)8-17(14)30-20)19(27)12-6-15(23)21(16(24)7-12)29-11(3)26;1-4-17-19(14-6-5-13(27-10(2)24)9-18(14)29-17)20(26)12-7-15(22)21(16(23)8-12)28-11(3)25/h4-9H,1-3H3;5-9H,4H2,1-3H3/i4D,5D,8D;5D,6D,9D. The van der Waals surface area contributed by atoms with Gasteiger partial charge in [0.05, 0.1) is 42.1 Å². The summed E-state index contributed by atoms with van der Waals surface area (Å²) in [7, 11) is 0. The number of aryl methyl sites for hydroxylation is 1. The average Bonchev–Trinajstić information content (AvgIpc) is 3.82. The third-order valence-corrected chi connectivity index (χ3v) is 10.4. The second-order valence-electron chi connectivity index (χ2n) is 12.1. The smallest absolute Gasteiger partial charge is 0.308 e. The van der Waals surface area contributed by atoms with Gasteiger partial charge in [-0.15, -0.1) is 0 Å². The molecule has 1 atom stereocenters. The largest absolute Gasteiger partial charge is 0.460 e. The van der Waals surface area contributed by atoms with Gasteiger partial charge in [-0.3, -0.25) is 28.8 Å². The molecule has 12 nitrogen and oxygen atoms in total. The Kier molecular flexibility index (Phi) is 12.3. The minimum Gasteiger partial charge on any atom is -0.460 e. The highest BCUT2D eigenvalue weighted by atomic mass is 79.9. The van der Waals surface area contributed by atoms with Crippen LogP contribution >= 0.6 is 79.6 Å². The maximum Gasteiger partial charge on any atom is 0.308 e. The fourth-order valence-corrected chi connectivity index (χ4v) is 8.41. The van der Waals surface area contributed by atoms with Crippen molar-refractivity contribution in [1.29, 1.82) is 0 Å². The third-order valence-electron chi connectivity index (χ3n) is 7.61. The highest BCUT2D eigenvalue weighted by Crippen LogP contribution is 2.41. The number of hydrogen-bond acceptors (Lipinski definition) is 12. The Bertz CT molecular complexity index is 2990. The van der Waals surface area contributed by atoms with Crippen molar-refractivity contribution < 1.29 is 64.8 Å². The molecule has 17 heteroatoms. The van der Waals surface area contributed by atoms with Gasteiger partial charge in [-0.25, -0.2) is 0 Å². The molecule has 59 heavy (non-hydrogen) atoms. The number of alkyl halides is 1. The lowest BCUT2D eigenvalue weighted by Gasteiger charge is -2.10. The first-order valence-corrected chi connectivity index (χ1v) is 21.0. The molecule has 0 amide bonds. The molecule has 2 aromatic heterocycles.